The maximum atomic E-state index is 12.2. The van der Waals surface area contributed by atoms with Gasteiger partial charge in [0.25, 0.3) is 0 Å². The molecule has 2 unspecified atom stereocenters. The van der Waals surface area contributed by atoms with Crippen LogP contribution in [0.25, 0.3) is 0 Å². The van der Waals surface area contributed by atoms with Gasteiger partial charge in [-0.15, -0.1) is 0 Å². The second kappa shape index (κ2) is 6.73. The molecule has 20 heavy (non-hydrogen) atoms. The van der Waals surface area contributed by atoms with Crippen LogP contribution in [0.4, 0.5) is 0 Å². The number of ether oxygens (including phenoxy) is 2. The number of rotatable bonds is 7. The van der Waals surface area contributed by atoms with Gasteiger partial charge < -0.3 is 14.6 Å². The molecule has 0 aromatic carbocycles. The molecule has 2 fully saturated rings. The van der Waals surface area contributed by atoms with Crippen LogP contribution in [-0.4, -0.2) is 56.1 Å². The van der Waals surface area contributed by atoms with Crippen molar-refractivity contribution >= 4 is 9.84 Å². The fourth-order valence-corrected chi connectivity index (χ4v) is 5.99. The second-order valence-electron chi connectivity index (χ2n) is 5.96. The number of hydrogen-bond acceptors (Lipinski definition) is 5. The van der Waals surface area contributed by atoms with Crippen molar-refractivity contribution in [3.63, 3.8) is 0 Å². The van der Waals surface area contributed by atoms with Crippen LogP contribution in [-0.2, 0) is 19.3 Å². The fourth-order valence-electron chi connectivity index (χ4n) is 3.37. The Morgan fingerprint density at radius 1 is 1.10 bits per heavy atom. The van der Waals surface area contributed by atoms with Gasteiger partial charge in [0.1, 0.15) is 0 Å². The van der Waals surface area contributed by atoms with Gasteiger partial charge >= 0.3 is 0 Å². The van der Waals surface area contributed by atoms with Crippen LogP contribution in [0.15, 0.2) is 0 Å². The van der Waals surface area contributed by atoms with E-state index in [-0.39, 0.29) is 10.5 Å². The molecule has 0 aromatic rings. The minimum Gasteiger partial charge on any atom is -0.390 e. The Hall–Kier alpha value is -0.170. The molecule has 0 aliphatic carbocycles. The van der Waals surface area contributed by atoms with Crippen LogP contribution in [0.1, 0.15) is 45.4 Å². The van der Waals surface area contributed by atoms with E-state index in [4.69, 9.17) is 9.47 Å². The lowest BCUT2D eigenvalue weighted by atomic mass is 9.83. The summed E-state index contributed by atoms with van der Waals surface area (Å²) in [7, 11) is -3.00. The minimum atomic E-state index is -3.00. The highest BCUT2D eigenvalue weighted by atomic mass is 32.2. The average Bonchev–Trinajstić information content (AvgIpc) is 2.36. The normalized spacial score (nSPS) is 35.9. The Morgan fingerprint density at radius 3 is 2.30 bits per heavy atom. The van der Waals surface area contributed by atoms with Gasteiger partial charge in [-0.25, -0.2) is 8.42 Å². The molecule has 118 valence electrons. The summed E-state index contributed by atoms with van der Waals surface area (Å²) in [5.41, 5.74) is -0.868. The third-order valence-corrected chi connectivity index (χ3v) is 7.15. The van der Waals surface area contributed by atoms with Crippen molar-refractivity contribution in [3.05, 3.63) is 0 Å². The van der Waals surface area contributed by atoms with E-state index in [9.17, 15) is 13.5 Å². The molecular formula is C14H26O5S. The standard InChI is InChI=1S/C14H26O5S/c1-2-18-8-9-19-7-6-14(15)10-12-4-3-5-13(11-14)20(12,16)17/h12-13,15H,2-11H2,1H3. The van der Waals surface area contributed by atoms with Gasteiger partial charge in [0, 0.05) is 13.2 Å². The summed E-state index contributed by atoms with van der Waals surface area (Å²) in [6.07, 6.45) is 3.64. The van der Waals surface area contributed by atoms with E-state index in [1.165, 1.54) is 0 Å². The van der Waals surface area contributed by atoms with Crippen LogP contribution in [0, 0.1) is 0 Å². The topological polar surface area (TPSA) is 72.8 Å². The lowest BCUT2D eigenvalue weighted by molar-refractivity contribution is -0.0298. The molecule has 0 radical (unpaired) electrons. The SMILES string of the molecule is CCOCCOCCC1(O)CC2CCCC(C1)S2(=O)=O. The molecule has 0 amide bonds. The first-order valence-corrected chi connectivity index (χ1v) is 9.19. The van der Waals surface area contributed by atoms with Gasteiger partial charge in [0.15, 0.2) is 9.84 Å². The summed E-state index contributed by atoms with van der Waals surface area (Å²) in [6, 6.07) is 0. The second-order valence-corrected chi connectivity index (χ2v) is 8.47. The van der Waals surface area contributed by atoms with Gasteiger partial charge in [-0.2, -0.15) is 0 Å². The highest BCUT2D eigenvalue weighted by Gasteiger charge is 2.49. The molecule has 0 spiro atoms. The number of hydrogen-bond donors (Lipinski definition) is 1. The summed E-state index contributed by atoms with van der Waals surface area (Å²) in [5, 5.41) is 9.95. The van der Waals surface area contributed by atoms with Crippen LogP contribution >= 0.6 is 0 Å². The van der Waals surface area contributed by atoms with Crippen molar-refractivity contribution in [3.8, 4) is 0 Å². The average molecular weight is 306 g/mol. The largest absolute Gasteiger partial charge is 0.390 e. The third kappa shape index (κ3) is 3.72. The minimum absolute atomic E-state index is 0.344. The number of aliphatic hydroxyl groups is 1. The summed E-state index contributed by atoms with van der Waals surface area (Å²) in [6.45, 7) is 4.16. The predicted octanol–water partition coefficient (Wildman–Crippen LogP) is 1.29. The molecule has 1 N–H and O–H groups in total. The first kappa shape index (κ1) is 16.2. The highest BCUT2D eigenvalue weighted by molar-refractivity contribution is 7.92. The monoisotopic (exact) mass is 306 g/mol. The molecule has 0 aromatic heterocycles. The Morgan fingerprint density at radius 2 is 1.70 bits per heavy atom. The van der Waals surface area contributed by atoms with Crippen molar-refractivity contribution < 1.29 is 23.0 Å². The Kier molecular flexibility index (Phi) is 5.45. The van der Waals surface area contributed by atoms with E-state index < -0.39 is 15.4 Å². The zero-order chi connectivity index (χ0) is 14.6. The summed E-state index contributed by atoms with van der Waals surface area (Å²) >= 11 is 0. The molecule has 2 rings (SSSR count). The van der Waals surface area contributed by atoms with Gasteiger partial charge in [-0.3, -0.25) is 0 Å². The van der Waals surface area contributed by atoms with E-state index in [0.29, 0.717) is 58.5 Å². The highest BCUT2D eigenvalue weighted by Crippen LogP contribution is 2.42. The van der Waals surface area contributed by atoms with E-state index in [2.05, 4.69) is 0 Å². The summed E-state index contributed by atoms with van der Waals surface area (Å²) in [4.78, 5) is 0. The van der Waals surface area contributed by atoms with Crippen LogP contribution < -0.4 is 0 Å². The van der Waals surface area contributed by atoms with E-state index in [0.717, 1.165) is 6.42 Å². The van der Waals surface area contributed by atoms with Crippen molar-refractivity contribution in [1.82, 2.24) is 0 Å². The van der Waals surface area contributed by atoms with E-state index in [1.807, 2.05) is 6.92 Å². The zero-order valence-corrected chi connectivity index (χ0v) is 13.0. The van der Waals surface area contributed by atoms with Crippen LogP contribution in [0.5, 0.6) is 0 Å². The van der Waals surface area contributed by atoms with Gasteiger partial charge in [0.2, 0.25) is 0 Å². The lowest BCUT2D eigenvalue weighted by Gasteiger charge is -2.43. The van der Waals surface area contributed by atoms with E-state index in [1.54, 1.807) is 0 Å². The molecule has 2 saturated heterocycles. The fraction of sp³-hybridized carbons (Fsp3) is 1.00. The van der Waals surface area contributed by atoms with Crippen LogP contribution in [0.2, 0.25) is 0 Å². The van der Waals surface area contributed by atoms with E-state index >= 15 is 0 Å². The Labute approximate surface area is 121 Å². The van der Waals surface area contributed by atoms with Crippen LogP contribution in [0.3, 0.4) is 0 Å². The van der Waals surface area contributed by atoms with Gasteiger partial charge in [-0.05, 0) is 39.0 Å². The Bertz CT molecular complexity index is 386. The molecule has 2 aliphatic heterocycles. The number of fused-ring (bicyclic) bond motifs is 2. The molecule has 2 bridgehead atoms. The maximum Gasteiger partial charge on any atom is 0.156 e. The molecule has 0 saturated carbocycles. The molecular weight excluding hydrogens is 280 g/mol. The smallest absolute Gasteiger partial charge is 0.156 e. The van der Waals surface area contributed by atoms with Crippen molar-refractivity contribution in [2.75, 3.05) is 26.4 Å². The first-order valence-electron chi connectivity index (χ1n) is 7.58. The first-order chi connectivity index (χ1) is 9.48. The maximum absolute atomic E-state index is 12.2. The van der Waals surface area contributed by atoms with Crippen molar-refractivity contribution in [2.24, 2.45) is 0 Å². The molecule has 6 heteroatoms. The van der Waals surface area contributed by atoms with Crippen molar-refractivity contribution in [1.29, 1.82) is 0 Å². The predicted molar refractivity (Wildman–Crippen MR) is 76.5 cm³/mol. The van der Waals surface area contributed by atoms with Gasteiger partial charge in [-0.1, -0.05) is 6.42 Å². The lowest BCUT2D eigenvalue weighted by Crippen LogP contribution is -2.52. The summed E-state index contributed by atoms with van der Waals surface area (Å²) in [5.74, 6) is 0. The summed E-state index contributed by atoms with van der Waals surface area (Å²) < 4.78 is 35.0. The van der Waals surface area contributed by atoms with Crippen molar-refractivity contribution in [2.45, 2.75) is 61.5 Å². The zero-order valence-electron chi connectivity index (χ0n) is 12.2. The van der Waals surface area contributed by atoms with Gasteiger partial charge in [0.05, 0.1) is 29.3 Å². The molecule has 2 atom stereocenters. The third-order valence-electron chi connectivity index (χ3n) is 4.48. The molecule has 5 nitrogen and oxygen atoms in total. The number of sulfone groups is 1. The molecule has 2 heterocycles. The quantitative estimate of drug-likeness (QED) is 0.718. The Balaban J connectivity index is 1.80. The molecule has 2 aliphatic rings.